The van der Waals surface area contributed by atoms with E-state index in [1.54, 1.807) is 0 Å². The van der Waals surface area contributed by atoms with E-state index in [1.807, 2.05) is 31.2 Å². The maximum absolute atomic E-state index is 12.8. The topological polar surface area (TPSA) is 26.3 Å². The summed E-state index contributed by atoms with van der Waals surface area (Å²) in [7, 11) is 0.141. The van der Waals surface area contributed by atoms with E-state index in [1.165, 1.54) is 11.1 Å². The number of aryl methyl sites for hydroxylation is 2. The fourth-order valence-electron chi connectivity index (χ4n) is 2.72. The molecule has 0 aliphatic heterocycles. The van der Waals surface area contributed by atoms with Crippen molar-refractivity contribution in [1.29, 1.82) is 0 Å². The van der Waals surface area contributed by atoms with Gasteiger partial charge < -0.3 is 4.74 Å². The predicted octanol–water partition coefficient (Wildman–Crippen LogP) is 2.10. The van der Waals surface area contributed by atoms with Crippen LogP contribution in [0.5, 0.6) is 5.75 Å². The van der Waals surface area contributed by atoms with Crippen molar-refractivity contribution >= 4 is 19.4 Å². The summed E-state index contributed by atoms with van der Waals surface area (Å²) in [6.07, 6.45) is 0. The predicted molar refractivity (Wildman–Crippen MR) is 104 cm³/mol. The summed E-state index contributed by atoms with van der Waals surface area (Å²) in [5.74, 6) is 1.37. The summed E-state index contributed by atoms with van der Waals surface area (Å²) >= 11 is 0. The summed E-state index contributed by atoms with van der Waals surface area (Å²) in [6.45, 7) is 13.2. The average molecular weight is 349 g/mol. The second kappa shape index (κ2) is 9.58. The van der Waals surface area contributed by atoms with Gasteiger partial charge in [0.25, 0.3) is 0 Å². The van der Waals surface area contributed by atoms with Crippen LogP contribution in [-0.4, -0.2) is 12.1 Å². The van der Waals surface area contributed by atoms with Crippen molar-refractivity contribution in [3.63, 3.8) is 0 Å². The van der Waals surface area contributed by atoms with E-state index in [9.17, 15) is 4.79 Å². The molecule has 0 fully saturated rings. The van der Waals surface area contributed by atoms with Crippen molar-refractivity contribution in [2.75, 3.05) is 6.61 Å². The SMILES string of the molecule is Cc1cc(C)c(C(=O)Pc2ccc(OCC(C)C)cc2)c(C)c1C.[Li+]. The molecule has 0 N–H and O–H groups in total. The molecule has 2 rings (SSSR count). The van der Waals surface area contributed by atoms with E-state index in [0.29, 0.717) is 12.5 Å². The third-order valence-corrected chi connectivity index (χ3v) is 5.38. The van der Waals surface area contributed by atoms with E-state index in [-0.39, 0.29) is 33.0 Å². The van der Waals surface area contributed by atoms with Gasteiger partial charge in [-0.15, -0.1) is 0 Å². The number of carbonyl (C=O) groups is 1. The third kappa shape index (κ3) is 5.72. The number of benzene rings is 2. The molecule has 0 aliphatic rings. The number of hydrogen-bond donors (Lipinski definition) is 0. The first kappa shape index (κ1) is 22.0. The molecule has 0 bridgehead atoms. The normalized spacial score (nSPS) is 11.0. The maximum atomic E-state index is 12.8. The Balaban J connectivity index is 0.00000312. The zero-order chi connectivity index (χ0) is 17.9. The molecule has 25 heavy (non-hydrogen) atoms. The van der Waals surface area contributed by atoms with Crippen LogP contribution >= 0.6 is 8.58 Å². The first-order valence-electron chi connectivity index (χ1n) is 8.41. The number of rotatable bonds is 6. The molecule has 0 aliphatic carbocycles. The largest absolute Gasteiger partial charge is 1.00 e. The second-order valence-corrected chi connectivity index (χ2v) is 8.10. The first-order chi connectivity index (χ1) is 11.3. The molecular weight excluding hydrogens is 322 g/mol. The molecule has 0 saturated heterocycles. The van der Waals surface area contributed by atoms with Gasteiger partial charge in [-0.05, 0) is 81.9 Å². The van der Waals surface area contributed by atoms with Gasteiger partial charge in [0, 0.05) is 5.56 Å². The van der Waals surface area contributed by atoms with Gasteiger partial charge in [-0.25, -0.2) is 0 Å². The monoisotopic (exact) mass is 349 g/mol. The van der Waals surface area contributed by atoms with E-state index >= 15 is 0 Å². The number of hydrogen-bond acceptors (Lipinski definition) is 2. The van der Waals surface area contributed by atoms with Gasteiger partial charge in [-0.2, -0.15) is 0 Å². The van der Waals surface area contributed by atoms with E-state index in [4.69, 9.17) is 4.74 Å². The quantitative estimate of drug-likeness (QED) is 0.590. The Hall–Kier alpha value is -1.06. The van der Waals surface area contributed by atoms with Crippen molar-refractivity contribution in [2.24, 2.45) is 5.92 Å². The summed E-state index contributed by atoms with van der Waals surface area (Å²) in [5.41, 5.74) is 5.75. The zero-order valence-corrected chi connectivity index (χ0v) is 17.5. The molecule has 128 valence electrons. The molecule has 4 heteroatoms. The Kier molecular flexibility index (Phi) is 8.43. The third-order valence-electron chi connectivity index (χ3n) is 4.28. The van der Waals surface area contributed by atoms with Crippen LogP contribution in [0, 0.1) is 33.6 Å². The molecule has 0 amide bonds. The van der Waals surface area contributed by atoms with Crippen molar-refractivity contribution in [3.8, 4) is 5.75 Å². The molecular formula is C21H27LiO2P+. The minimum absolute atomic E-state index is 0. The van der Waals surface area contributed by atoms with Gasteiger partial charge in [0.15, 0.2) is 5.52 Å². The van der Waals surface area contributed by atoms with Crippen molar-refractivity contribution in [2.45, 2.75) is 41.5 Å². The van der Waals surface area contributed by atoms with Gasteiger partial charge in [0.1, 0.15) is 5.75 Å². The van der Waals surface area contributed by atoms with Crippen LogP contribution in [0.25, 0.3) is 0 Å². The zero-order valence-electron chi connectivity index (χ0n) is 16.5. The first-order valence-corrected chi connectivity index (χ1v) is 9.41. The fourth-order valence-corrected chi connectivity index (χ4v) is 3.83. The smallest absolute Gasteiger partial charge is 0.493 e. The van der Waals surface area contributed by atoms with E-state index in [0.717, 1.165) is 27.7 Å². The van der Waals surface area contributed by atoms with Gasteiger partial charge in [-0.1, -0.05) is 32.0 Å². The van der Waals surface area contributed by atoms with E-state index in [2.05, 4.69) is 40.7 Å². The van der Waals surface area contributed by atoms with Crippen LogP contribution in [0.1, 0.15) is 46.5 Å². The Morgan fingerprint density at radius 1 is 1.00 bits per heavy atom. The average Bonchev–Trinajstić information content (AvgIpc) is 2.52. The molecule has 0 aromatic heterocycles. The summed E-state index contributed by atoms with van der Waals surface area (Å²) in [4.78, 5) is 12.8. The molecule has 0 spiro atoms. The maximum Gasteiger partial charge on any atom is 1.00 e. The molecule has 0 radical (unpaired) electrons. The molecule has 1 atom stereocenters. The van der Waals surface area contributed by atoms with Gasteiger partial charge in [-0.3, -0.25) is 4.79 Å². The summed E-state index contributed by atoms with van der Waals surface area (Å²) < 4.78 is 5.70. The van der Waals surface area contributed by atoms with E-state index < -0.39 is 0 Å². The molecule has 2 nitrogen and oxygen atoms in total. The molecule has 1 unspecified atom stereocenters. The molecule has 2 aromatic rings. The van der Waals surface area contributed by atoms with Crippen LogP contribution in [0.4, 0.5) is 0 Å². The number of carbonyl (C=O) groups excluding carboxylic acids is 1. The van der Waals surface area contributed by atoms with Gasteiger partial charge >= 0.3 is 18.9 Å². The van der Waals surface area contributed by atoms with Crippen LogP contribution in [-0.2, 0) is 0 Å². The van der Waals surface area contributed by atoms with Gasteiger partial charge in [0.2, 0.25) is 0 Å². The molecule has 2 aromatic carbocycles. The minimum Gasteiger partial charge on any atom is -0.493 e. The van der Waals surface area contributed by atoms with Crippen molar-refractivity contribution in [3.05, 3.63) is 58.1 Å². The number of ether oxygens (including phenoxy) is 1. The van der Waals surface area contributed by atoms with Crippen LogP contribution < -0.4 is 28.9 Å². The fraction of sp³-hybridized carbons (Fsp3) is 0.381. The van der Waals surface area contributed by atoms with Crippen LogP contribution in [0.15, 0.2) is 30.3 Å². The van der Waals surface area contributed by atoms with Crippen LogP contribution in [0.3, 0.4) is 0 Å². The van der Waals surface area contributed by atoms with Crippen LogP contribution in [0.2, 0.25) is 0 Å². The minimum atomic E-state index is 0. The Morgan fingerprint density at radius 2 is 1.60 bits per heavy atom. The molecule has 0 heterocycles. The van der Waals surface area contributed by atoms with Crippen molar-refractivity contribution < 1.29 is 28.4 Å². The Bertz CT molecular complexity index is 737. The van der Waals surface area contributed by atoms with Gasteiger partial charge in [0.05, 0.1) is 6.61 Å². The summed E-state index contributed by atoms with van der Waals surface area (Å²) in [5, 5.41) is 1.05. The summed E-state index contributed by atoms with van der Waals surface area (Å²) in [6, 6.07) is 10.0. The standard InChI is InChI=1S/C21H27O2P.Li/c1-13(2)12-23-18-7-9-19(10-8-18)24-21(22)20-15(4)11-14(3)16(5)17(20)6;/h7-11,13,24H,12H2,1-6H3;/q;+1. The Labute approximate surface area is 165 Å². The Morgan fingerprint density at radius 3 is 2.16 bits per heavy atom. The molecule has 0 saturated carbocycles. The van der Waals surface area contributed by atoms with Crippen molar-refractivity contribution in [1.82, 2.24) is 0 Å². The second-order valence-electron chi connectivity index (χ2n) is 6.82.